The van der Waals surface area contributed by atoms with Gasteiger partial charge >= 0.3 is 0 Å². The molecule has 22 heavy (non-hydrogen) atoms. The number of hydrogen-bond acceptors (Lipinski definition) is 4. The summed E-state index contributed by atoms with van der Waals surface area (Å²) in [6.45, 7) is 7.30. The number of carbonyl (C=O) groups excluding carboxylic acids is 1. The Kier molecular flexibility index (Phi) is 4.52. The Morgan fingerprint density at radius 3 is 2.41 bits per heavy atom. The predicted molar refractivity (Wildman–Crippen MR) is 86.3 cm³/mol. The maximum atomic E-state index is 12.5. The molecule has 0 aromatic rings. The molecule has 2 saturated heterocycles. The third-order valence-electron chi connectivity index (χ3n) is 5.24. The molecule has 0 aromatic carbocycles. The molecule has 0 aromatic heterocycles. The molecule has 1 aliphatic carbocycles. The molecule has 3 rings (SSSR count). The number of amides is 1. The van der Waals surface area contributed by atoms with E-state index in [1.165, 1.54) is 0 Å². The zero-order chi connectivity index (χ0) is 15.9. The summed E-state index contributed by atoms with van der Waals surface area (Å²) in [5.74, 6) is 1.29. The number of carbonyl (C=O) groups is 1. The first-order chi connectivity index (χ1) is 10.4. The van der Waals surface area contributed by atoms with Gasteiger partial charge in [-0.1, -0.05) is 13.8 Å². The molecule has 0 radical (unpaired) electrons. The Balaban J connectivity index is 1.75. The Morgan fingerprint density at radius 1 is 1.09 bits per heavy atom. The van der Waals surface area contributed by atoms with Crippen molar-refractivity contribution in [2.45, 2.75) is 50.8 Å². The molecule has 3 fully saturated rings. The van der Waals surface area contributed by atoms with E-state index in [1.807, 2.05) is 4.90 Å². The van der Waals surface area contributed by atoms with Crippen LogP contribution in [0.4, 0.5) is 0 Å². The maximum absolute atomic E-state index is 12.5. The molecule has 3 aliphatic rings. The van der Waals surface area contributed by atoms with Crippen LogP contribution in [0.1, 0.15) is 39.5 Å². The van der Waals surface area contributed by atoms with Crippen molar-refractivity contribution in [3.63, 3.8) is 0 Å². The lowest BCUT2D eigenvalue weighted by molar-refractivity contribution is -0.132. The molecule has 6 heteroatoms. The van der Waals surface area contributed by atoms with Gasteiger partial charge in [-0.05, 0) is 31.6 Å². The summed E-state index contributed by atoms with van der Waals surface area (Å²) in [6, 6.07) is 0.0955. The largest absolute Gasteiger partial charge is 0.342 e. The van der Waals surface area contributed by atoms with Crippen molar-refractivity contribution < 1.29 is 13.2 Å². The first-order valence-corrected chi connectivity index (χ1v) is 10.3. The highest BCUT2D eigenvalue weighted by atomic mass is 32.2. The van der Waals surface area contributed by atoms with E-state index in [-0.39, 0.29) is 28.9 Å². The highest BCUT2D eigenvalue weighted by molar-refractivity contribution is 7.92. The summed E-state index contributed by atoms with van der Waals surface area (Å²) in [5.41, 5.74) is 0. The van der Waals surface area contributed by atoms with Crippen LogP contribution in [0.5, 0.6) is 0 Å². The van der Waals surface area contributed by atoms with Crippen LogP contribution in [0.25, 0.3) is 0 Å². The molecule has 5 nitrogen and oxygen atoms in total. The molecule has 126 valence electrons. The average molecular weight is 328 g/mol. The SMILES string of the molecule is CC(C)CN1CCS(=O)(=O)[C@H]2CCN(C(=O)C3CC3)CC[C@@H]21. The third kappa shape index (κ3) is 3.32. The van der Waals surface area contributed by atoms with Crippen LogP contribution in [-0.4, -0.2) is 67.3 Å². The van der Waals surface area contributed by atoms with Gasteiger partial charge in [0.25, 0.3) is 0 Å². The minimum Gasteiger partial charge on any atom is -0.342 e. The lowest BCUT2D eigenvalue weighted by atomic mass is 10.0. The molecular weight excluding hydrogens is 300 g/mol. The van der Waals surface area contributed by atoms with Gasteiger partial charge in [0.1, 0.15) is 0 Å². The summed E-state index contributed by atoms with van der Waals surface area (Å²) in [5, 5.41) is -0.281. The van der Waals surface area contributed by atoms with Gasteiger partial charge in [0.2, 0.25) is 5.91 Å². The topological polar surface area (TPSA) is 57.7 Å². The first-order valence-electron chi connectivity index (χ1n) is 8.63. The summed E-state index contributed by atoms with van der Waals surface area (Å²) in [6.07, 6.45) is 3.44. The molecule has 0 unspecified atom stereocenters. The molecule has 2 aliphatic heterocycles. The molecule has 2 heterocycles. The molecule has 1 saturated carbocycles. The standard InChI is InChI=1S/C16H28N2O3S/c1-12(2)11-18-9-10-22(20,21)15-6-8-17(7-5-14(15)18)16(19)13-3-4-13/h12-15H,3-11H2,1-2H3/t14-,15-/m0/s1. The van der Waals surface area contributed by atoms with E-state index in [2.05, 4.69) is 18.7 Å². The van der Waals surface area contributed by atoms with Crippen LogP contribution >= 0.6 is 0 Å². The Labute approximate surface area is 134 Å². The zero-order valence-electron chi connectivity index (χ0n) is 13.7. The van der Waals surface area contributed by atoms with E-state index in [0.717, 1.165) is 32.4 Å². The minimum atomic E-state index is -3.01. The number of hydrogen-bond donors (Lipinski definition) is 0. The van der Waals surface area contributed by atoms with Crippen LogP contribution < -0.4 is 0 Å². The van der Waals surface area contributed by atoms with Crippen molar-refractivity contribution in [3.8, 4) is 0 Å². The van der Waals surface area contributed by atoms with Crippen molar-refractivity contribution in [3.05, 3.63) is 0 Å². The van der Waals surface area contributed by atoms with E-state index in [4.69, 9.17) is 0 Å². The highest BCUT2D eigenvalue weighted by Gasteiger charge is 2.44. The van der Waals surface area contributed by atoms with Gasteiger partial charge in [-0.15, -0.1) is 0 Å². The van der Waals surface area contributed by atoms with Gasteiger partial charge < -0.3 is 4.90 Å². The molecule has 0 spiro atoms. The van der Waals surface area contributed by atoms with Crippen LogP contribution in [0.15, 0.2) is 0 Å². The van der Waals surface area contributed by atoms with Crippen molar-refractivity contribution in [2.24, 2.45) is 11.8 Å². The fraction of sp³-hybridized carbons (Fsp3) is 0.938. The van der Waals surface area contributed by atoms with E-state index >= 15 is 0 Å². The van der Waals surface area contributed by atoms with Crippen LogP contribution in [0, 0.1) is 11.8 Å². The lowest BCUT2D eigenvalue weighted by Gasteiger charge is -2.40. The summed E-state index contributed by atoms with van der Waals surface area (Å²) < 4.78 is 25.0. The second-order valence-corrected chi connectivity index (χ2v) is 9.88. The number of nitrogens with zero attached hydrogens (tertiary/aromatic N) is 2. The van der Waals surface area contributed by atoms with E-state index < -0.39 is 9.84 Å². The highest BCUT2D eigenvalue weighted by Crippen LogP contribution is 2.33. The fourth-order valence-electron chi connectivity index (χ4n) is 3.96. The van der Waals surface area contributed by atoms with E-state index in [9.17, 15) is 13.2 Å². The van der Waals surface area contributed by atoms with Crippen molar-refractivity contribution >= 4 is 15.7 Å². The normalized spacial score (nSPS) is 32.6. The summed E-state index contributed by atoms with van der Waals surface area (Å²) in [4.78, 5) is 16.6. The van der Waals surface area contributed by atoms with Crippen LogP contribution in [0.3, 0.4) is 0 Å². The average Bonchev–Trinajstić information content (AvgIpc) is 3.26. The smallest absolute Gasteiger partial charge is 0.225 e. The zero-order valence-corrected chi connectivity index (χ0v) is 14.5. The molecule has 0 N–H and O–H groups in total. The van der Waals surface area contributed by atoms with Crippen molar-refractivity contribution in [2.75, 3.05) is 31.9 Å². The molecule has 1 amide bonds. The number of fused-ring (bicyclic) bond motifs is 1. The van der Waals surface area contributed by atoms with E-state index in [0.29, 0.717) is 25.4 Å². The molecule has 2 atom stereocenters. The number of rotatable bonds is 3. The summed E-state index contributed by atoms with van der Waals surface area (Å²) >= 11 is 0. The fourth-order valence-corrected chi connectivity index (χ4v) is 6.01. The molecule has 0 bridgehead atoms. The van der Waals surface area contributed by atoms with Gasteiger partial charge in [-0.3, -0.25) is 9.69 Å². The second-order valence-electron chi connectivity index (χ2n) is 7.54. The quantitative estimate of drug-likeness (QED) is 0.780. The monoisotopic (exact) mass is 328 g/mol. The van der Waals surface area contributed by atoms with Crippen LogP contribution in [0.2, 0.25) is 0 Å². The Morgan fingerprint density at radius 2 is 1.77 bits per heavy atom. The van der Waals surface area contributed by atoms with Crippen molar-refractivity contribution in [1.82, 2.24) is 9.80 Å². The second kappa shape index (κ2) is 6.11. The first kappa shape index (κ1) is 16.2. The summed E-state index contributed by atoms with van der Waals surface area (Å²) in [7, 11) is -3.01. The van der Waals surface area contributed by atoms with Gasteiger partial charge in [0, 0.05) is 38.1 Å². The maximum Gasteiger partial charge on any atom is 0.225 e. The van der Waals surface area contributed by atoms with Gasteiger partial charge in [0.05, 0.1) is 11.0 Å². The van der Waals surface area contributed by atoms with E-state index in [1.54, 1.807) is 0 Å². The van der Waals surface area contributed by atoms with Crippen LogP contribution in [-0.2, 0) is 14.6 Å². The number of sulfone groups is 1. The van der Waals surface area contributed by atoms with Crippen molar-refractivity contribution in [1.29, 1.82) is 0 Å². The molecular formula is C16H28N2O3S. The minimum absolute atomic E-state index is 0.0955. The predicted octanol–water partition coefficient (Wildman–Crippen LogP) is 1.14. The van der Waals surface area contributed by atoms with Gasteiger partial charge in [0.15, 0.2) is 9.84 Å². The third-order valence-corrected chi connectivity index (χ3v) is 7.46. The van der Waals surface area contributed by atoms with Gasteiger partial charge in [-0.25, -0.2) is 8.42 Å². The lowest BCUT2D eigenvalue weighted by Crippen LogP contribution is -2.55. The number of likely N-dealkylation sites (tertiary alicyclic amines) is 1. The Bertz CT molecular complexity index is 528. The van der Waals surface area contributed by atoms with Gasteiger partial charge in [-0.2, -0.15) is 0 Å². The Hall–Kier alpha value is -0.620.